The lowest BCUT2D eigenvalue weighted by molar-refractivity contribution is 0.0340. The molecule has 0 saturated heterocycles. The van der Waals surface area contributed by atoms with Crippen LogP contribution in [0, 0.1) is 5.92 Å². The number of rotatable bonds is 8. The van der Waals surface area contributed by atoms with Crippen LogP contribution in [0.25, 0.3) is 0 Å². The third kappa shape index (κ3) is 4.77. The summed E-state index contributed by atoms with van der Waals surface area (Å²) in [7, 11) is 1.79. The van der Waals surface area contributed by atoms with Gasteiger partial charge in [-0.15, -0.1) is 6.58 Å². The first-order valence-corrected chi connectivity index (χ1v) is 5.54. The Hall–Kier alpha value is -0.340. The van der Waals surface area contributed by atoms with E-state index in [4.69, 9.17) is 4.74 Å². The normalized spacial score (nSPS) is 15.5. The van der Waals surface area contributed by atoms with E-state index in [1.807, 2.05) is 6.08 Å². The molecule has 0 aromatic carbocycles. The molecule has 0 amide bonds. The molecule has 0 aliphatic heterocycles. The summed E-state index contributed by atoms with van der Waals surface area (Å²) >= 11 is 0. The van der Waals surface area contributed by atoms with Crippen molar-refractivity contribution in [3.63, 3.8) is 0 Å². The molecule has 2 heteroatoms. The van der Waals surface area contributed by atoms with E-state index in [1.54, 1.807) is 7.11 Å². The van der Waals surface area contributed by atoms with Crippen LogP contribution >= 0.6 is 0 Å². The number of ether oxygens (including phenoxy) is 1. The van der Waals surface area contributed by atoms with Crippen LogP contribution in [0.5, 0.6) is 0 Å². The molecule has 0 heterocycles. The highest BCUT2D eigenvalue weighted by Crippen LogP contribution is 2.13. The molecule has 84 valence electrons. The second kappa shape index (κ2) is 8.01. The van der Waals surface area contributed by atoms with Crippen molar-refractivity contribution in [2.24, 2.45) is 5.92 Å². The average Bonchev–Trinajstić information content (AvgIpc) is 2.14. The fourth-order valence-corrected chi connectivity index (χ4v) is 1.74. The molecule has 0 aliphatic carbocycles. The average molecular weight is 199 g/mol. The predicted octanol–water partition coefficient (Wildman–Crippen LogP) is 2.60. The van der Waals surface area contributed by atoms with Gasteiger partial charge in [0.15, 0.2) is 0 Å². The highest BCUT2D eigenvalue weighted by atomic mass is 16.5. The molecule has 0 aromatic heterocycles. The summed E-state index contributed by atoms with van der Waals surface area (Å²) in [6, 6.07) is 0.400. The van der Waals surface area contributed by atoms with Crippen LogP contribution in [0.1, 0.15) is 33.6 Å². The summed E-state index contributed by atoms with van der Waals surface area (Å²) in [6.45, 7) is 11.4. The summed E-state index contributed by atoms with van der Waals surface area (Å²) in [5.41, 5.74) is 0. The third-order valence-electron chi connectivity index (χ3n) is 2.40. The van der Waals surface area contributed by atoms with Gasteiger partial charge in [0.2, 0.25) is 0 Å². The van der Waals surface area contributed by atoms with Crippen molar-refractivity contribution < 1.29 is 4.74 Å². The number of hydrogen-bond acceptors (Lipinski definition) is 2. The zero-order valence-electron chi connectivity index (χ0n) is 10.0. The Morgan fingerprint density at radius 3 is 2.43 bits per heavy atom. The van der Waals surface area contributed by atoms with Crippen LogP contribution in [0.3, 0.4) is 0 Å². The standard InChI is InChI=1S/C12H25NO/c1-6-8-11(13-9-7-2)12(14-5)10(3)4/h6,10-13H,1,7-9H2,2-5H3. The second-order valence-corrected chi connectivity index (χ2v) is 4.03. The van der Waals surface area contributed by atoms with Crippen LogP contribution in [0.2, 0.25) is 0 Å². The van der Waals surface area contributed by atoms with Gasteiger partial charge in [0.25, 0.3) is 0 Å². The first kappa shape index (κ1) is 13.7. The Bertz CT molecular complexity index is 145. The molecule has 0 aliphatic rings. The Morgan fingerprint density at radius 2 is 2.07 bits per heavy atom. The van der Waals surface area contributed by atoms with E-state index in [1.165, 1.54) is 0 Å². The molecular weight excluding hydrogens is 174 g/mol. The van der Waals surface area contributed by atoms with E-state index in [-0.39, 0.29) is 6.10 Å². The molecule has 14 heavy (non-hydrogen) atoms. The highest BCUT2D eigenvalue weighted by molar-refractivity contribution is 4.85. The number of hydrogen-bond donors (Lipinski definition) is 1. The summed E-state index contributed by atoms with van der Waals surface area (Å²) < 4.78 is 5.51. The third-order valence-corrected chi connectivity index (χ3v) is 2.40. The SMILES string of the molecule is C=CCC(NCCC)C(OC)C(C)C. The van der Waals surface area contributed by atoms with Crippen molar-refractivity contribution in [2.75, 3.05) is 13.7 Å². The molecule has 0 radical (unpaired) electrons. The minimum absolute atomic E-state index is 0.277. The van der Waals surface area contributed by atoms with Crippen LogP contribution in [-0.2, 0) is 4.74 Å². The van der Waals surface area contributed by atoms with Crippen LogP contribution in [-0.4, -0.2) is 25.8 Å². The molecule has 0 aromatic rings. The van der Waals surface area contributed by atoms with Crippen LogP contribution in [0.4, 0.5) is 0 Å². The van der Waals surface area contributed by atoms with Crippen molar-refractivity contribution in [3.8, 4) is 0 Å². The van der Waals surface area contributed by atoms with E-state index in [0.717, 1.165) is 19.4 Å². The van der Waals surface area contributed by atoms with E-state index in [2.05, 4.69) is 32.7 Å². The van der Waals surface area contributed by atoms with Gasteiger partial charge in [0.05, 0.1) is 6.10 Å². The Morgan fingerprint density at radius 1 is 1.43 bits per heavy atom. The maximum atomic E-state index is 5.51. The quantitative estimate of drug-likeness (QED) is 0.607. The van der Waals surface area contributed by atoms with E-state index in [0.29, 0.717) is 12.0 Å². The van der Waals surface area contributed by atoms with Gasteiger partial charge in [-0.3, -0.25) is 0 Å². The fourth-order valence-electron chi connectivity index (χ4n) is 1.74. The van der Waals surface area contributed by atoms with Gasteiger partial charge in [-0.25, -0.2) is 0 Å². The maximum Gasteiger partial charge on any atom is 0.0750 e. The molecule has 0 fully saturated rings. The van der Waals surface area contributed by atoms with Crippen molar-refractivity contribution >= 4 is 0 Å². The fraction of sp³-hybridized carbons (Fsp3) is 0.833. The lowest BCUT2D eigenvalue weighted by Crippen LogP contribution is -2.43. The van der Waals surface area contributed by atoms with Gasteiger partial charge in [0.1, 0.15) is 0 Å². The highest BCUT2D eigenvalue weighted by Gasteiger charge is 2.22. The number of nitrogens with one attached hydrogen (secondary N) is 1. The van der Waals surface area contributed by atoms with E-state index >= 15 is 0 Å². The summed E-state index contributed by atoms with van der Waals surface area (Å²) in [6.07, 6.45) is 4.36. The zero-order chi connectivity index (χ0) is 11.0. The molecule has 2 unspecified atom stereocenters. The summed E-state index contributed by atoms with van der Waals surface area (Å²) in [5, 5.41) is 3.51. The lowest BCUT2D eigenvalue weighted by atomic mass is 9.97. The van der Waals surface area contributed by atoms with Gasteiger partial charge >= 0.3 is 0 Å². The Balaban J connectivity index is 4.19. The van der Waals surface area contributed by atoms with Gasteiger partial charge < -0.3 is 10.1 Å². The molecule has 2 atom stereocenters. The predicted molar refractivity (Wildman–Crippen MR) is 62.5 cm³/mol. The first-order valence-electron chi connectivity index (χ1n) is 5.54. The topological polar surface area (TPSA) is 21.3 Å². The van der Waals surface area contributed by atoms with Crippen molar-refractivity contribution in [1.29, 1.82) is 0 Å². The molecular formula is C12H25NO. The summed E-state index contributed by atoms with van der Waals surface area (Å²) in [5.74, 6) is 0.536. The minimum Gasteiger partial charge on any atom is -0.380 e. The monoisotopic (exact) mass is 199 g/mol. The van der Waals surface area contributed by atoms with Gasteiger partial charge in [-0.1, -0.05) is 26.8 Å². The zero-order valence-corrected chi connectivity index (χ0v) is 10.0. The minimum atomic E-state index is 0.277. The Labute approximate surface area is 88.7 Å². The van der Waals surface area contributed by atoms with Crippen molar-refractivity contribution in [3.05, 3.63) is 12.7 Å². The first-order chi connectivity index (χ1) is 6.67. The number of methoxy groups -OCH3 is 1. The largest absolute Gasteiger partial charge is 0.380 e. The van der Waals surface area contributed by atoms with Crippen molar-refractivity contribution in [2.45, 2.75) is 45.8 Å². The van der Waals surface area contributed by atoms with Crippen LogP contribution in [0.15, 0.2) is 12.7 Å². The van der Waals surface area contributed by atoms with Gasteiger partial charge in [-0.05, 0) is 25.3 Å². The van der Waals surface area contributed by atoms with E-state index < -0.39 is 0 Å². The molecule has 0 rings (SSSR count). The van der Waals surface area contributed by atoms with Crippen LogP contribution < -0.4 is 5.32 Å². The van der Waals surface area contributed by atoms with Gasteiger partial charge in [-0.2, -0.15) is 0 Å². The molecule has 0 saturated carbocycles. The van der Waals surface area contributed by atoms with E-state index in [9.17, 15) is 0 Å². The Kier molecular flexibility index (Phi) is 7.81. The van der Waals surface area contributed by atoms with Gasteiger partial charge in [0, 0.05) is 13.2 Å². The second-order valence-electron chi connectivity index (χ2n) is 4.03. The molecule has 2 nitrogen and oxygen atoms in total. The summed E-state index contributed by atoms with van der Waals surface area (Å²) in [4.78, 5) is 0. The smallest absolute Gasteiger partial charge is 0.0750 e. The molecule has 1 N–H and O–H groups in total. The van der Waals surface area contributed by atoms with Crippen molar-refractivity contribution in [1.82, 2.24) is 5.32 Å². The lowest BCUT2D eigenvalue weighted by Gasteiger charge is -2.29. The maximum absolute atomic E-state index is 5.51. The molecule has 0 spiro atoms. The molecule has 0 bridgehead atoms.